The molecule has 2 rings (SSSR count). The Hall–Kier alpha value is -0.280. The second-order valence-corrected chi connectivity index (χ2v) is 3.59. The topological polar surface area (TPSA) is 49.3 Å². The van der Waals surface area contributed by atoms with Crippen LogP contribution in [0.4, 0.5) is 0 Å². The van der Waals surface area contributed by atoms with Crippen LogP contribution >= 0.6 is 12.4 Å². The zero-order valence-electron chi connectivity index (χ0n) is 6.82. The fourth-order valence-corrected chi connectivity index (χ4v) is 2.34. The lowest BCUT2D eigenvalue weighted by Gasteiger charge is -2.07. The number of carboxylic acids is 1. The second-order valence-electron chi connectivity index (χ2n) is 3.59. The predicted molar refractivity (Wildman–Crippen MR) is 47.6 cm³/mol. The van der Waals surface area contributed by atoms with Crippen molar-refractivity contribution in [2.45, 2.75) is 37.8 Å². The van der Waals surface area contributed by atoms with Crippen molar-refractivity contribution in [1.29, 1.82) is 0 Å². The van der Waals surface area contributed by atoms with Crippen LogP contribution in [0, 0.1) is 5.92 Å². The van der Waals surface area contributed by atoms with E-state index in [2.05, 4.69) is 5.32 Å². The van der Waals surface area contributed by atoms with Crippen molar-refractivity contribution in [3.8, 4) is 0 Å². The first-order chi connectivity index (χ1) is 5.27. The predicted octanol–water partition coefficient (Wildman–Crippen LogP) is 1.02. The van der Waals surface area contributed by atoms with E-state index >= 15 is 0 Å². The van der Waals surface area contributed by atoms with Gasteiger partial charge in [0.05, 0.1) is 0 Å². The van der Waals surface area contributed by atoms with E-state index in [-0.39, 0.29) is 18.4 Å². The number of rotatable bonds is 1. The summed E-state index contributed by atoms with van der Waals surface area (Å²) in [5.41, 5.74) is 0. The van der Waals surface area contributed by atoms with E-state index in [0.717, 1.165) is 6.42 Å². The molecule has 2 aliphatic rings. The van der Waals surface area contributed by atoms with Gasteiger partial charge in [-0.3, -0.25) is 4.79 Å². The number of aliphatic carboxylic acids is 1. The lowest BCUT2D eigenvalue weighted by molar-refractivity contribution is -0.139. The molecule has 2 fully saturated rings. The van der Waals surface area contributed by atoms with E-state index in [9.17, 15) is 4.79 Å². The fraction of sp³-hybridized carbons (Fsp3) is 0.875. The van der Waals surface area contributed by atoms with Crippen LogP contribution in [0.5, 0.6) is 0 Å². The van der Waals surface area contributed by atoms with E-state index in [0.29, 0.717) is 12.0 Å². The van der Waals surface area contributed by atoms with Crippen LogP contribution in [0.1, 0.15) is 25.7 Å². The third-order valence-corrected chi connectivity index (χ3v) is 2.91. The van der Waals surface area contributed by atoms with E-state index < -0.39 is 5.97 Å². The third-order valence-electron chi connectivity index (χ3n) is 2.91. The summed E-state index contributed by atoms with van der Waals surface area (Å²) in [6, 6.07) is 0.251. The van der Waals surface area contributed by atoms with Gasteiger partial charge in [-0.05, 0) is 25.2 Å². The molecule has 1 heterocycles. The third kappa shape index (κ3) is 1.57. The lowest BCUT2D eigenvalue weighted by Crippen LogP contribution is -2.34. The maximum atomic E-state index is 10.6. The molecule has 1 aliphatic heterocycles. The van der Waals surface area contributed by atoms with Crippen molar-refractivity contribution in [3.05, 3.63) is 0 Å². The van der Waals surface area contributed by atoms with Gasteiger partial charge in [0.25, 0.3) is 0 Å². The van der Waals surface area contributed by atoms with Gasteiger partial charge in [0.1, 0.15) is 6.04 Å². The second kappa shape index (κ2) is 3.62. The smallest absolute Gasteiger partial charge is 0.320 e. The minimum Gasteiger partial charge on any atom is -0.480 e. The molecule has 0 radical (unpaired) electrons. The van der Waals surface area contributed by atoms with E-state index in [1.807, 2.05) is 0 Å². The Morgan fingerprint density at radius 2 is 2.17 bits per heavy atom. The number of carboxylic acid groups (broad SMARTS) is 1. The summed E-state index contributed by atoms with van der Waals surface area (Å²) in [5.74, 6) is -0.0319. The summed E-state index contributed by atoms with van der Waals surface area (Å²) in [6.07, 6.45) is 4.52. The zero-order valence-corrected chi connectivity index (χ0v) is 7.64. The summed E-state index contributed by atoms with van der Waals surface area (Å²) in [4.78, 5) is 10.6. The van der Waals surface area contributed by atoms with E-state index in [1.165, 1.54) is 19.3 Å². The molecule has 1 saturated carbocycles. The van der Waals surface area contributed by atoms with Gasteiger partial charge in [0.15, 0.2) is 0 Å². The van der Waals surface area contributed by atoms with Crippen molar-refractivity contribution in [3.63, 3.8) is 0 Å². The summed E-state index contributed by atoms with van der Waals surface area (Å²) >= 11 is 0. The summed E-state index contributed by atoms with van der Waals surface area (Å²) < 4.78 is 0. The van der Waals surface area contributed by atoms with Gasteiger partial charge in [0.2, 0.25) is 0 Å². The van der Waals surface area contributed by atoms with Gasteiger partial charge in [-0.15, -0.1) is 12.4 Å². The van der Waals surface area contributed by atoms with Gasteiger partial charge >= 0.3 is 5.97 Å². The van der Waals surface area contributed by atoms with Crippen LogP contribution in [0.25, 0.3) is 0 Å². The molecule has 3 nitrogen and oxygen atoms in total. The van der Waals surface area contributed by atoms with E-state index in [1.54, 1.807) is 0 Å². The standard InChI is InChI=1S/C8H13NO2.ClH/c10-8(11)7-4-5-2-1-3-6(5)9-7;/h5-7,9H,1-4H2,(H,10,11);1H/t5-,6-,7+;/m1./s1. The number of carbonyl (C=O) groups is 1. The van der Waals surface area contributed by atoms with Gasteiger partial charge in [0, 0.05) is 6.04 Å². The molecule has 0 aromatic carbocycles. The maximum absolute atomic E-state index is 10.6. The van der Waals surface area contributed by atoms with Crippen molar-refractivity contribution in [1.82, 2.24) is 5.32 Å². The molecule has 0 spiro atoms. The van der Waals surface area contributed by atoms with Crippen LogP contribution < -0.4 is 5.32 Å². The summed E-state index contributed by atoms with van der Waals surface area (Å²) in [5, 5.41) is 11.9. The van der Waals surface area contributed by atoms with Crippen LogP contribution in [0.15, 0.2) is 0 Å². The number of hydrogen-bond donors (Lipinski definition) is 2. The van der Waals surface area contributed by atoms with Crippen LogP contribution in [0.3, 0.4) is 0 Å². The Morgan fingerprint density at radius 3 is 2.75 bits per heavy atom. The molecular weight excluding hydrogens is 178 g/mol. The maximum Gasteiger partial charge on any atom is 0.320 e. The zero-order chi connectivity index (χ0) is 7.84. The normalized spacial score (nSPS) is 38.8. The van der Waals surface area contributed by atoms with Crippen molar-refractivity contribution >= 4 is 18.4 Å². The van der Waals surface area contributed by atoms with E-state index in [4.69, 9.17) is 5.11 Å². The molecule has 70 valence electrons. The minimum atomic E-state index is -0.681. The number of nitrogens with one attached hydrogen (secondary N) is 1. The molecular formula is C8H14ClNO2. The van der Waals surface area contributed by atoms with Crippen LogP contribution in [0.2, 0.25) is 0 Å². The molecule has 4 heteroatoms. The summed E-state index contributed by atoms with van der Waals surface area (Å²) in [6.45, 7) is 0. The molecule has 1 saturated heterocycles. The molecule has 0 aromatic rings. The Morgan fingerprint density at radius 1 is 1.42 bits per heavy atom. The largest absolute Gasteiger partial charge is 0.480 e. The highest BCUT2D eigenvalue weighted by Gasteiger charge is 2.39. The molecule has 0 unspecified atom stereocenters. The van der Waals surface area contributed by atoms with Crippen molar-refractivity contribution < 1.29 is 9.90 Å². The SMILES string of the molecule is Cl.O=C(O)[C@@H]1C[C@H]2CCC[C@H]2N1. The molecule has 0 bridgehead atoms. The van der Waals surface area contributed by atoms with Gasteiger partial charge < -0.3 is 10.4 Å². The molecule has 2 N–H and O–H groups in total. The molecule has 0 aromatic heterocycles. The summed E-state index contributed by atoms with van der Waals surface area (Å²) in [7, 11) is 0. The van der Waals surface area contributed by atoms with Gasteiger partial charge in [-0.1, -0.05) is 6.42 Å². The Kier molecular flexibility index (Phi) is 2.96. The number of halogens is 1. The Balaban J connectivity index is 0.000000720. The highest BCUT2D eigenvalue weighted by Crippen LogP contribution is 2.34. The number of hydrogen-bond acceptors (Lipinski definition) is 2. The molecule has 12 heavy (non-hydrogen) atoms. The first-order valence-corrected chi connectivity index (χ1v) is 4.26. The van der Waals surface area contributed by atoms with Crippen LogP contribution in [-0.2, 0) is 4.79 Å². The van der Waals surface area contributed by atoms with Gasteiger partial charge in [-0.25, -0.2) is 0 Å². The minimum absolute atomic E-state index is 0. The lowest BCUT2D eigenvalue weighted by atomic mass is 10.0. The van der Waals surface area contributed by atoms with Crippen LogP contribution in [-0.4, -0.2) is 23.2 Å². The first-order valence-electron chi connectivity index (χ1n) is 4.26. The fourth-order valence-electron chi connectivity index (χ4n) is 2.34. The number of fused-ring (bicyclic) bond motifs is 1. The van der Waals surface area contributed by atoms with Gasteiger partial charge in [-0.2, -0.15) is 0 Å². The highest BCUT2D eigenvalue weighted by molar-refractivity contribution is 5.85. The Bertz CT molecular complexity index is 174. The first kappa shape index (κ1) is 9.81. The monoisotopic (exact) mass is 191 g/mol. The Labute approximate surface area is 77.9 Å². The quantitative estimate of drug-likeness (QED) is 0.651. The molecule has 0 amide bonds. The average molecular weight is 192 g/mol. The molecule has 1 aliphatic carbocycles. The highest BCUT2D eigenvalue weighted by atomic mass is 35.5. The van der Waals surface area contributed by atoms with Crippen molar-refractivity contribution in [2.24, 2.45) is 5.92 Å². The average Bonchev–Trinajstić information content (AvgIpc) is 2.40. The van der Waals surface area contributed by atoms with Crippen molar-refractivity contribution in [2.75, 3.05) is 0 Å². The molecule has 3 atom stereocenters.